The van der Waals surface area contributed by atoms with Gasteiger partial charge in [0, 0.05) is 42.5 Å². The van der Waals surface area contributed by atoms with Crippen LogP contribution in [-0.2, 0) is 11.2 Å². The number of piperidine rings is 1. The number of hydrogen-bond acceptors (Lipinski definition) is 3. The van der Waals surface area contributed by atoms with Crippen molar-refractivity contribution in [1.82, 2.24) is 9.88 Å². The van der Waals surface area contributed by atoms with Crippen molar-refractivity contribution >= 4 is 22.6 Å². The lowest BCUT2D eigenvalue weighted by Crippen LogP contribution is -2.42. The first-order valence-corrected chi connectivity index (χ1v) is 10.2. The molecular formula is C24H26N2O3. The van der Waals surface area contributed by atoms with E-state index in [0.29, 0.717) is 30.7 Å². The van der Waals surface area contributed by atoms with Gasteiger partial charge in [0.15, 0.2) is 5.78 Å². The third kappa shape index (κ3) is 4.04. The molecule has 0 saturated carbocycles. The first-order chi connectivity index (χ1) is 14.2. The van der Waals surface area contributed by atoms with Gasteiger partial charge in [-0.15, -0.1) is 0 Å². The lowest BCUT2D eigenvalue weighted by Gasteiger charge is -2.32. The van der Waals surface area contributed by atoms with Gasteiger partial charge in [0.2, 0.25) is 5.91 Å². The van der Waals surface area contributed by atoms with Crippen LogP contribution in [0, 0.1) is 5.92 Å². The number of carbonyl (C=O) groups excluding carboxylic acids is 2. The highest BCUT2D eigenvalue weighted by Crippen LogP contribution is 2.27. The van der Waals surface area contributed by atoms with E-state index >= 15 is 0 Å². The largest absolute Gasteiger partial charge is 0.496 e. The van der Waals surface area contributed by atoms with Crippen LogP contribution < -0.4 is 4.74 Å². The molecule has 150 valence electrons. The molecular weight excluding hydrogens is 364 g/mol. The second kappa shape index (κ2) is 8.52. The summed E-state index contributed by atoms with van der Waals surface area (Å²) in [6.45, 7) is 1.21. The quantitative estimate of drug-likeness (QED) is 0.641. The summed E-state index contributed by atoms with van der Waals surface area (Å²) >= 11 is 0. The number of fused-ring (bicyclic) bond motifs is 1. The van der Waals surface area contributed by atoms with Crippen molar-refractivity contribution in [3.8, 4) is 5.75 Å². The molecule has 1 N–H and O–H groups in total. The van der Waals surface area contributed by atoms with E-state index in [4.69, 9.17) is 4.74 Å². The molecule has 0 spiro atoms. The zero-order chi connectivity index (χ0) is 20.2. The van der Waals surface area contributed by atoms with Gasteiger partial charge >= 0.3 is 0 Å². The minimum Gasteiger partial charge on any atom is -0.496 e. The van der Waals surface area contributed by atoms with Gasteiger partial charge in [0.25, 0.3) is 0 Å². The van der Waals surface area contributed by atoms with Gasteiger partial charge < -0.3 is 14.6 Å². The Morgan fingerprint density at radius 1 is 1.14 bits per heavy atom. The second-order valence-corrected chi connectivity index (χ2v) is 7.60. The van der Waals surface area contributed by atoms with Crippen LogP contribution in [0.2, 0.25) is 0 Å². The standard InChI is InChI=1S/C24H26N2O3/c1-29-22-11-5-3-9-20(22)24(28)18-7-6-14-26(16-18)23(27)13-12-17-15-25-21-10-4-2-8-19(17)21/h2-5,8-11,15,18,25H,6-7,12-14,16H2,1H3. The van der Waals surface area contributed by atoms with E-state index in [0.717, 1.165) is 30.5 Å². The lowest BCUT2D eigenvalue weighted by molar-refractivity contribution is -0.132. The van der Waals surface area contributed by atoms with Gasteiger partial charge in [-0.1, -0.05) is 30.3 Å². The first kappa shape index (κ1) is 19.2. The molecule has 1 saturated heterocycles. The third-order valence-electron chi connectivity index (χ3n) is 5.80. The maximum atomic E-state index is 13.0. The molecule has 0 radical (unpaired) electrons. The maximum Gasteiger partial charge on any atom is 0.222 e. The predicted octanol–water partition coefficient (Wildman–Crippen LogP) is 4.23. The van der Waals surface area contributed by atoms with Gasteiger partial charge in [-0.3, -0.25) is 9.59 Å². The topological polar surface area (TPSA) is 62.4 Å². The van der Waals surface area contributed by atoms with Crippen molar-refractivity contribution in [2.75, 3.05) is 20.2 Å². The summed E-state index contributed by atoms with van der Waals surface area (Å²) in [5.41, 5.74) is 2.86. The number of aromatic amines is 1. The summed E-state index contributed by atoms with van der Waals surface area (Å²) in [6.07, 6.45) is 4.80. The van der Waals surface area contributed by atoms with Crippen molar-refractivity contribution in [2.24, 2.45) is 5.92 Å². The van der Waals surface area contributed by atoms with Gasteiger partial charge in [-0.2, -0.15) is 0 Å². The number of para-hydroxylation sites is 2. The Balaban J connectivity index is 1.40. The molecule has 0 aliphatic carbocycles. The van der Waals surface area contributed by atoms with Crippen LogP contribution >= 0.6 is 0 Å². The van der Waals surface area contributed by atoms with Crippen LogP contribution in [0.1, 0.15) is 35.2 Å². The number of Topliss-reactive ketones (excluding diaryl/α,β-unsaturated/α-hetero) is 1. The number of ketones is 1. The highest BCUT2D eigenvalue weighted by atomic mass is 16.5. The number of benzene rings is 2. The van der Waals surface area contributed by atoms with E-state index < -0.39 is 0 Å². The van der Waals surface area contributed by atoms with Crippen LogP contribution in [0.4, 0.5) is 0 Å². The number of rotatable bonds is 6. The summed E-state index contributed by atoms with van der Waals surface area (Å²) in [6, 6.07) is 15.5. The lowest BCUT2D eigenvalue weighted by atomic mass is 9.89. The molecule has 1 atom stereocenters. The van der Waals surface area contributed by atoms with Crippen molar-refractivity contribution in [1.29, 1.82) is 0 Å². The summed E-state index contributed by atoms with van der Waals surface area (Å²) in [4.78, 5) is 31.0. The molecule has 1 amide bonds. The number of H-pyrrole nitrogens is 1. The Bertz CT molecular complexity index is 1020. The normalized spacial score (nSPS) is 16.7. The molecule has 1 aliphatic rings. The van der Waals surface area contributed by atoms with Crippen molar-refractivity contribution in [3.05, 3.63) is 65.9 Å². The van der Waals surface area contributed by atoms with Crippen LogP contribution in [0.5, 0.6) is 5.75 Å². The van der Waals surface area contributed by atoms with Gasteiger partial charge in [-0.25, -0.2) is 0 Å². The summed E-state index contributed by atoms with van der Waals surface area (Å²) in [7, 11) is 1.58. The Labute approximate surface area is 170 Å². The van der Waals surface area contributed by atoms with Crippen molar-refractivity contribution in [3.63, 3.8) is 0 Å². The van der Waals surface area contributed by atoms with Crippen molar-refractivity contribution < 1.29 is 14.3 Å². The molecule has 2 heterocycles. The number of ether oxygens (including phenoxy) is 1. The highest BCUT2D eigenvalue weighted by molar-refractivity contribution is 6.00. The average Bonchev–Trinajstić information content (AvgIpc) is 3.20. The monoisotopic (exact) mass is 390 g/mol. The number of aryl methyl sites for hydroxylation is 1. The molecule has 1 unspecified atom stereocenters. The molecule has 5 heteroatoms. The summed E-state index contributed by atoms with van der Waals surface area (Å²) < 4.78 is 5.34. The molecule has 0 bridgehead atoms. The highest BCUT2D eigenvalue weighted by Gasteiger charge is 2.30. The Kier molecular flexibility index (Phi) is 5.65. The predicted molar refractivity (Wildman–Crippen MR) is 113 cm³/mol. The molecule has 29 heavy (non-hydrogen) atoms. The van der Waals surface area contributed by atoms with E-state index in [2.05, 4.69) is 11.1 Å². The van der Waals surface area contributed by atoms with E-state index in [1.54, 1.807) is 19.2 Å². The Morgan fingerprint density at radius 3 is 2.79 bits per heavy atom. The first-order valence-electron chi connectivity index (χ1n) is 10.2. The molecule has 1 aliphatic heterocycles. The Hall–Kier alpha value is -3.08. The molecule has 4 rings (SSSR count). The summed E-state index contributed by atoms with van der Waals surface area (Å²) in [5.74, 6) is 0.613. The minimum atomic E-state index is -0.169. The zero-order valence-corrected chi connectivity index (χ0v) is 16.7. The van der Waals surface area contributed by atoms with Gasteiger partial charge in [-0.05, 0) is 43.0 Å². The fraction of sp³-hybridized carbons (Fsp3) is 0.333. The Morgan fingerprint density at radius 2 is 1.93 bits per heavy atom. The second-order valence-electron chi connectivity index (χ2n) is 7.60. The smallest absolute Gasteiger partial charge is 0.222 e. The molecule has 5 nitrogen and oxygen atoms in total. The third-order valence-corrected chi connectivity index (χ3v) is 5.80. The van der Waals surface area contributed by atoms with Gasteiger partial charge in [0.1, 0.15) is 5.75 Å². The molecule has 2 aromatic carbocycles. The van der Waals surface area contributed by atoms with Gasteiger partial charge in [0.05, 0.1) is 12.7 Å². The average molecular weight is 390 g/mol. The zero-order valence-electron chi connectivity index (χ0n) is 16.7. The van der Waals surface area contributed by atoms with Crippen LogP contribution in [-0.4, -0.2) is 41.8 Å². The number of carbonyl (C=O) groups is 2. The van der Waals surface area contributed by atoms with E-state index in [9.17, 15) is 9.59 Å². The SMILES string of the molecule is COc1ccccc1C(=O)C1CCCN(C(=O)CCc2c[nH]c3ccccc23)C1. The van der Waals surface area contributed by atoms with E-state index in [1.165, 1.54) is 5.39 Å². The fourth-order valence-electron chi connectivity index (χ4n) is 4.22. The molecule has 3 aromatic rings. The number of amides is 1. The number of likely N-dealkylation sites (tertiary alicyclic amines) is 1. The number of hydrogen-bond donors (Lipinski definition) is 1. The number of methoxy groups -OCH3 is 1. The van der Waals surface area contributed by atoms with E-state index in [1.807, 2.05) is 41.4 Å². The molecule has 1 aromatic heterocycles. The number of aromatic nitrogens is 1. The summed E-state index contributed by atoms with van der Waals surface area (Å²) in [5, 5.41) is 1.17. The van der Waals surface area contributed by atoms with Crippen LogP contribution in [0.3, 0.4) is 0 Å². The van der Waals surface area contributed by atoms with Crippen molar-refractivity contribution in [2.45, 2.75) is 25.7 Å². The van der Waals surface area contributed by atoms with Crippen LogP contribution in [0.25, 0.3) is 10.9 Å². The maximum absolute atomic E-state index is 13.0. The van der Waals surface area contributed by atoms with E-state index in [-0.39, 0.29) is 17.6 Å². The van der Waals surface area contributed by atoms with Crippen LogP contribution in [0.15, 0.2) is 54.7 Å². The number of nitrogens with zero attached hydrogens (tertiary/aromatic N) is 1. The minimum absolute atomic E-state index is 0.0663. The fourth-order valence-corrected chi connectivity index (χ4v) is 4.22. The number of nitrogens with one attached hydrogen (secondary N) is 1. The molecule has 1 fully saturated rings.